The zero-order valence-corrected chi connectivity index (χ0v) is 17.7. The highest BCUT2D eigenvalue weighted by atomic mass is 35.5. The average molecular weight is 431 g/mol. The van der Waals surface area contributed by atoms with Gasteiger partial charge in [0.25, 0.3) is 0 Å². The quantitative estimate of drug-likeness (QED) is 0.552. The summed E-state index contributed by atoms with van der Waals surface area (Å²) in [4.78, 5) is 12.4. The number of aryl methyl sites for hydroxylation is 1. The number of nitrogens with one attached hydrogen (secondary N) is 1. The summed E-state index contributed by atoms with van der Waals surface area (Å²) in [6.45, 7) is 0.217. The summed E-state index contributed by atoms with van der Waals surface area (Å²) in [5, 5.41) is 5.28. The lowest BCUT2D eigenvalue weighted by Gasteiger charge is -2.17. The van der Waals surface area contributed by atoms with E-state index >= 15 is 0 Å². The molecule has 0 heterocycles. The van der Waals surface area contributed by atoms with Gasteiger partial charge in [-0.25, -0.2) is 8.42 Å². The molecule has 0 aliphatic heterocycles. The molecule has 152 valence electrons. The number of carbonyl (C=O) groups is 1. The van der Waals surface area contributed by atoms with Crippen LogP contribution in [0.2, 0.25) is 5.02 Å². The summed E-state index contributed by atoms with van der Waals surface area (Å²) in [7, 11) is -2.34. The number of carbonyl (C=O) groups excluding carboxylic acids is 1. The first kappa shape index (κ1) is 21.3. The maximum atomic E-state index is 12.8. The van der Waals surface area contributed by atoms with Crippen LogP contribution < -0.4 is 5.32 Å². The molecule has 0 atom stereocenters. The lowest BCUT2D eigenvalue weighted by atomic mass is 10.1. The SMILES string of the molecule is CN(CC(=O)NCCCc1ccccc1Cl)S(=O)(=O)c1ccc2ccccc2c1. The number of rotatable bonds is 8. The maximum absolute atomic E-state index is 12.8. The molecule has 0 aliphatic carbocycles. The van der Waals surface area contributed by atoms with E-state index in [1.807, 2.05) is 48.5 Å². The zero-order chi connectivity index (χ0) is 20.9. The van der Waals surface area contributed by atoms with E-state index in [0.29, 0.717) is 11.6 Å². The molecule has 0 aromatic heterocycles. The van der Waals surface area contributed by atoms with Gasteiger partial charge in [-0.15, -0.1) is 0 Å². The third-order valence-electron chi connectivity index (χ3n) is 4.70. The molecule has 0 saturated heterocycles. The van der Waals surface area contributed by atoms with Crippen molar-refractivity contribution in [3.05, 3.63) is 77.3 Å². The van der Waals surface area contributed by atoms with Gasteiger partial charge < -0.3 is 5.32 Å². The molecule has 1 N–H and O–H groups in total. The van der Waals surface area contributed by atoms with Crippen molar-refractivity contribution in [2.24, 2.45) is 0 Å². The van der Waals surface area contributed by atoms with E-state index in [2.05, 4.69) is 5.32 Å². The number of hydrogen-bond donors (Lipinski definition) is 1. The van der Waals surface area contributed by atoms with Crippen molar-refractivity contribution < 1.29 is 13.2 Å². The van der Waals surface area contributed by atoms with Gasteiger partial charge >= 0.3 is 0 Å². The molecular formula is C22H23ClN2O3S. The van der Waals surface area contributed by atoms with Gasteiger partial charge in [0.15, 0.2) is 0 Å². The lowest BCUT2D eigenvalue weighted by molar-refractivity contribution is -0.121. The van der Waals surface area contributed by atoms with Crippen molar-refractivity contribution in [1.82, 2.24) is 9.62 Å². The van der Waals surface area contributed by atoms with Crippen LogP contribution in [0.5, 0.6) is 0 Å². The van der Waals surface area contributed by atoms with Crippen LogP contribution in [0.1, 0.15) is 12.0 Å². The Balaban J connectivity index is 1.54. The Morgan fingerprint density at radius 3 is 2.45 bits per heavy atom. The first-order chi connectivity index (χ1) is 13.9. The Labute approximate surface area is 176 Å². The molecule has 0 spiro atoms. The topological polar surface area (TPSA) is 66.5 Å². The van der Waals surface area contributed by atoms with Gasteiger partial charge in [-0.1, -0.05) is 60.1 Å². The largest absolute Gasteiger partial charge is 0.355 e. The van der Waals surface area contributed by atoms with Gasteiger partial charge in [-0.05, 0) is 47.4 Å². The van der Waals surface area contributed by atoms with Gasteiger partial charge in [-0.2, -0.15) is 4.31 Å². The lowest BCUT2D eigenvalue weighted by Crippen LogP contribution is -2.38. The Bertz CT molecular complexity index is 1120. The fraction of sp³-hybridized carbons (Fsp3) is 0.227. The van der Waals surface area contributed by atoms with Gasteiger partial charge in [0.2, 0.25) is 15.9 Å². The van der Waals surface area contributed by atoms with Crippen molar-refractivity contribution in [3.63, 3.8) is 0 Å². The number of nitrogens with zero attached hydrogens (tertiary/aromatic N) is 1. The highest BCUT2D eigenvalue weighted by molar-refractivity contribution is 7.89. The molecule has 29 heavy (non-hydrogen) atoms. The third-order valence-corrected chi connectivity index (χ3v) is 6.87. The van der Waals surface area contributed by atoms with Crippen molar-refractivity contribution in [2.45, 2.75) is 17.7 Å². The molecule has 0 bridgehead atoms. The van der Waals surface area contributed by atoms with Crippen LogP contribution in [0.4, 0.5) is 0 Å². The van der Waals surface area contributed by atoms with E-state index in [0.717, 1.165) is 33.5 Å². The van der Waals surface area contributed by atoms with E-state index in [1.165, 1.54) is 7.05 Å². The molecule has 0 fully saturated rings. The molecule has 0 unspecified atom stereocenters. The summed E-state index contributed by atoms with van der Waals surface area (Å²) >= 11 is 6.12. The van der Waals surface area contributed by atoms with Gasteiger partial charge in [0, 0.05) is 18.6 Å². The molecule has 1 amide bonds. The molecule has 7 heteroatoms. The molecule has 3 aromatic rings. The van der Waals surface area contributed by atoms with Crippen LogP contribution in [-0.4, -0.2) is 38.8 Å². The van der Waals surface area contributed by atoms with Crippen LogP contribution in [-0.2, 0) is 21.2 Å². The smallest absolute Gasteiger partial charge is 0.243 e. The minimum absolute atomic E-state index is 0.171. The minimum atomic E-state index is -3.75. The first-order valence-electron chi connectivity index (χ1n) is 9.33. The Morgan fingerprint density at radius 1 is 1.00 bits per heavy atom. The second-order valence-electron chi connectivity index (χ2n) is 6.81. The van der Waals surface area contributed by atoms with E-state index < -0.39 is 10.0 Å². The van der Waals surface area contributed by atoms with Gasteiger partial charge in [0.1, 0.15) is 0 Å². The van der Waals surface area contributed by atoms with Crippen LogP contribution in [0.15, 0.2) is 71.6 Å². The van der Waals surface area contributed by atoms with E-state index in [4.69, 9.17) is 11.6 Å². The van der Waals surface area contributed by atoms with Crippen LogP contribution in [0, 0.1) is 0 Å². The maximum Gasteiger partial charge on any atom is 0.243 e. The highest BCUT2D eigenvalue weighted by Gasteiger charge is 2.23. The summed E-state index contributed by atoms with van der Waals surface area (Å²) in [6.07, 6.45) is 1.46. The molecule has 3 rings (SSSR count). The predicted octanol–water partition coefficient (Wildman–Crippen LogP) is 3.86. The zero-order valence-electron chi connectivity index (χ0n) is 16.1. The number of likely N-dealkylation sites (N-methyl/N-ethyl adjacent to an activating group) is 1. The fourth-order valence-corrected chi connectivity index (χ4v) is 4.45. The van der Waals surface area contributed by atoms with Crippen LogP contribution in [0.25, 0.3) is 10.8 Å². The molecule has 0 radical (unpaired) electrons. The summed E-state index contributed by atoms with van der Waals surface area (Å²) in [6, 6.07) is 20.1. The first-order valence-corrected chi connectivity index (χ1v) is 11.1. The van der Waals surface area contributed by atoms with Crippen LogP contribution >= 0.6 is 11.6 Å². The minimum Gasteiger partial charge on any atom is -0.355 e. The third kappa shape index (κ3) is 5.35. The number of benzene rings is 3. The van der Waals surface area contributed by atoms with Crippen molar-refractivity contribution in [1.29, 1.82) is 0 Å². The number of halogens is 1. The van der Waals surface area contributed by atoms with Crippen molar-refractivity contribution in [2.75, 3.05) is 20.1 Å². The molecule has 3 aromatic carbocycles. The number of amides is 1. The molecular weight excluding hydrogens is 408 g/mol. The van der Waals surface area contributed by atoms with Crippen molar-refractivity contribution in [3.8, 4) is 0 Å². The van der Waals surface area contributed by atoms with E-state index in [-0.39, 0.29) is 17.3 Å². The highest BCUT2D eigenvalue weighted by Crippen LogP contribution is 2.21. The second-order valence-corrected chi connectivity index (χ2v) is 9.27. The van der Waals surface area contributed by atoms with Crippen LogP contribution in [0.3, 0.4) is 0 Å². The Kier molecular flexibility index (Phi) is 6.90. The van der Waals surface area contributed by atoms with Gasteiger partial charge in [0.05, 0.1) is 11.4 Å². The monoisotopic (exact) mass is 430 g/mol. The van der Waals surface area contributed by atoms with Crippen molar-refractivity contribution >= 4 is 38.3 Å². The molecule has 0 aliphatic rings. The molecule has 5 nitrogen and oxygen atoms in total. The number of hydrogen-bond acceptors (Lipinski definition) is 3. The standard InChI is InChI=1S/C22H23ClN2O3S/c1-25(16-22(26)24-14-6-10-18-8-4-5-11-21(18)23)29(27,28)20-13-12-17-7-2-3-9-19(17)15-20/h2-5,7-9,11-13,15H,6,10,14,16H2,1H3,(H,24,26). The normalized spacial score (nSPS) is 11.7. The average Bonchev–Trinajstić information content (AvgIpc) is 2.72. The molecule has 0 saturated carbocycles. The summed E-state index contributed by atoms with van der Waals surface area (Å²) in [5.74, 6) is -0.337. The van der Waals surface area contributed by atoms with E-state index in [9.17, 15) is 13.2 Å². The van der Waals surface area contributed by atoms with E-state index in [1.54, 1.807) is 18.2 Å². The summed E-state index contributed by atoms with van der Waals surface area (Å²) < 4.78 is 26.7. The number of sulfonamides is 1. The Morgan fingerprint density at radius 2 is 1.69 bits per heavy atom. The second kappa shape index (κ2) is 9.39. The van der Waals surface area contributed by atoms with Gasteiger partial charge in [-0.3, -0.25) is 4.79 Å². The number of fused-ring (bicyclic) bond motifs is 1. The fourth-order valence-electron chi connectivity index (χ4n) is 3.06. The Hall–Kier alpha value is -2.41. The summed E-state index contributed by atoms with van der Waals surface area (Å²) in [5.41, 5.74) is 1.03. The predicted molar refractivity (Wildman–Crippen MR) is 117 cm³/mol.